The normalized spacial score (nSPS) is 11.2. The van der Waals surface area contributed by atoms with Crippen LogP contribution in [0.5, 0.6) is 0 Å². The lowest BCUT2D eigenvalue weighted by Gasteiger charge is -2.08. The van der Waals surface area contributed by atoms with Crippen LogP contribution in [0.25, 0.3) is 6.08 Å². The molecule has 2 aromatic rings. The largest absolute Gasteiger partial charge is 0.478 e. The van der Waals surface area contributed by atoms with Gasteiger partial charge in [-0.25, -0.2) is 4.79 Å². The smallest absolute Gasteiger partial charge is 0.328 e. The van der Waals surface area contributed by atoms with Crippen molar-refractivity contribution in [1.29, 1.82) is 0 Å². The number of nitrogens with zero attached hydrogens (tertiary/aromatic N) is 2. The molecule has 1 heterocycles. The van der Waals surface area contributed by atoms with E-state index in [1.165, 1.54) is 5.56 Å². The van der Waals surface area contributed by atoms with E-state index in [-0.39, 0.29) is 0 Å². The lowest BCUT2D eigenvalue weighted by molar-refractivity contribution is -0.131. The molecule has 0 aliphatic heterocycles. The van der Waals surface area contributed by atoms with Gasteiger partial charge in [-0.05, 0) is 43.5 Å². The molecule has 1 aromatic heterocycles. The number of benzene rings is 1. The van der Waals surface area contributed by atoms with Crippen LogP contribution in [0, 0.1) is 20.8 Å². The van der Waals surface area contributed by atoms with Gasteiger partial charge >= 0.3 is 5.97 Å². The van der Waals surface area contributed by atoms with Crippen LogP contribution >= 0.6 is 0 Å². The maximum absolute atomic E-state index is 10.6. The van der Waals surface area contributed by atoms with Crippen LogP contribution in [-0.4, -0.2) is 20.9 Å². The molecule has 0 atom stereocenters. The van der Waals surface area contributed by atoms with Gasteiger partial charge in [0.15, 0.2) is 0 Å². The predicted octanol–water partition coefficient (Wildman–Crippen LogP) is 2.95. The second-order valence-electron chi connectivity index (χ2n) is 4.82. The molecule has 0 fully saturated rings. The number of carboxylic acid groups (broad SMARTS) is 1. The molecule has 0 saturated carbocycles. The number of aromatic nitrogens is 2. The Kier molecular flexibility index (Phi) is 4.03. The van der Waals surface area contributed by atoms with E-state index >= 15 is 0 Å². The maximum atomic E-state index is 10.6. The molecule has 4 nitrogen and oxygen atoms in total. The van der Waals surface area contributed by atoms with Crippen LogP contribution in [0.2, 0.25) is 0 Å². The summed E-state index contributed by atoms with van der Waals surface area (Å²) in [4.78, 5) is 10.6. The average Bonchev–Trinajstić information content (AvgIpc) is 2.65. The molecule has 104 valence electrons. The molecule has 0 amide bonds. The second kappa shape index (κ2) is 5.74. The molecule has 0 spiro atoms. The van der Waals surface area contributed by atoms with Crippen molar-refractivity contribution in [1.82, 2.24) is 9.78 Å². The van der Waals surface area contributed by atoms with E-state index in [1.807, 2.05) is 42.8 Å². The molecular formula is C16H18N2O2. The van der Waals surface area contributed by atoms with E-state index in [4.69, 9.17) is 5.11 Å². The Morgan fingerprint density at radius 3 is 2.60 bits per heavy atom. The molecule has 0 bridgehead atoms. The highest BCUT2D eigenvalue weighted by atomic mass is 16.4. The average molecular weight is 270 g/mol. The van der Waals surface area contributed by atoms with Gasteiger partial charge in [0.2, 0.25) is 0 Å². The molecule has 0 radical (unpaired) electrons. The maximum Gasteiger partial charge on any atom is 0.328 e. The van der Waals surface area contributed by atoms with Gasteiger partial charge in [0.05, 0.1) is 12.2 Å². The van der Waals surface area contributed by atoms with Crippen LogP contribution < -0.4 is 0 Å². The third-order valence-electron chi connectivity index (χ3n) is 3.52. The molecule has 1 aromatic carbocycles. The van der Waals surface area contributed by atoms with Gasteiger partial charge in [-0.3, -0.25) is 4.68 Å². The molecule has 4 heteroatoms. The van der Waals surface area contributed by atoms with E-state index in [1.54, 1.807) is 6.08 Å². The Morgan fingerprint density at radius 2 is 2.00 bits per heavy atom. The first-order valence-electron chi connectivity index (χ1n) is 6.48. The Balaban J connectivity index is 2.34. The molecule has 20 heavy (non-hydrogen) atoms. The number of hydrogen-bond donors (Lipinski definition) is 1. The minimum atomic E-state index is -0.943. The summed E-state index contributed by atoms with van der Waals surface area (Å²) in [5.74, 6) is -0.943. The first-order valence-corrected chi connectivity index (χ1v) is 6.48. The van der Waals surface area contributed by atoms with Crippen molar-refractivity contribution in [3.8, 4) is 0 Å². The number of hydrogen-bond acceptors (Lipinski definition) is 2. The predicted molar refractivity (Wildman–Crippen MR) is 78.7 cm³/mol. The van der Waals surface area contributed by atoms with Crippen LogP contribution in [0.4, 0.5) is 0 Å². The molecule has 1 N–H and O–H groups in total. The summed E-state index contributed by atoms with van der Waals surface area (Å²) in [6.07, 6.45) is 2.78. The molecule has 2 rings (SSSR count). The molecule has 0 saturated heterocycles. The van der Waals surface area contributed by atoms with Crippen molar-refractivity contribution < 1.29 is 9.90 Å². The quantitative estimate of drug-likeness (QED) is 0.869. The molecule has 0 unspecified atom stereocenters. The van der Waals surface area contributed by atoms with E-state index in [9.17, 15) is 4.79 Å². The SMILES string of the molecule is Cc1nn(Cc2ccccc2C=CC(=O)O)c(C)c1C. The highest BCUT2D eigenvalue weighted by Crippen LogP contribution is 2.16. The van der Waals surface area contributed by atoms with Crippen molar-refractivity contribution >= 4 is 12.0 Å². The minimum absolute atomic E-state index is 0.640. The highest BCUT2D eigenvalue weighted by molar-refractivity contribution is 5.85. The third-order valence-corrected chi connectivity index (χ3v) is 3.52. The van der Waals surface area contributed by atoms with E-state index in [0.29, 0.717) is 6.54 Å². The van der Waals surface area contributed by atoms with Crippen molar-refractivity contribution in [3.05, 3.63) is 58.4 Å². The lowest BCUT2D eigenvalue weighted by atomic mass is 10.1. The van der Waals surface area contributed by atoms with Crippen LogP contribution in [0.1, 0.15) is 28.1 Å². The Morgan fingerprint density at radius 1 is 1.30 bits per heavy atom. The van der Waals surface area contributed by atoms with Crippen molar-refractivity contribution in [2.75, 3.05) is 0 Å². The summed E-state index contributed by atoms with van der Waals surface area (Å²) in [5, 5.41) is 13.3. The van der Waals surface area contributed by atoms with Gasteiger partial charge in [0, 0.05) is 11.8 Å². The van der Waals surface area contributed by atoms with Gasteiger partial charge < -0.3 is 5.11 Å². The third kappa shape index (κ3) is 2.96. The summed E-state index contributed by atoms with van der Waals surface area (Å²) in [5.41, 5.74) is 5.32. The van der Waals surface area contributed by atoms with E-state index < -0.39 is 5.97 Å². The Hall–Kier alpha value is -2.36. The van der Waals surface area contributed by atoms with E-state index in [0.717, 1.165) is 28.6 Å². The Labute approximate surface area is 118 Å². The fourth-order valence-corrected chi connectivity index (χ4v) is 2.10. The molecule has 0 aliphatic carbocycles. The van der Waals surface area contributed by atoms with Gasteiger partial charge in [0.25, 0.3) is 0 Å². The summed E-state index contributed by atoms with van der Waals surface area (Å²) >= 11 is 0. The summed E-state index contributed by atoms with van der Waals surface area (Å²) in [7, 11) is 0. The summed E-state index contributed by atoms with van der Waals surface area (Å²) in [6, 6.07) is 7.75. The summed E-state index contributed by atoms with van der Waals surface area (Å²) in [6.45, 7) is 6.74. The van der Waals surface area contributed by atoms with Crippen LogP contribution in [0.3, 0.4) is 0 Å². The monoisotopic (exact) mass is 270 g/mol. The zero-order valence-electron chi connectivity index (χ0n) is 11.9. The van der Waals surface area contributed by atoms with Crippen molar-refractivity contribution in [2.45, 2.75) is 27.3 Å². The first-order chi connectivity index (χ1) is 9.49. The number of carbonyl (C=O) groups is 1. The standard InChI is InChI=1S/C16H18N2O2/c1-11-12(2)17-18(13(11)3)10-15-7-5-4-6-14(15)8-9-16(19)20/h4-9H,10H2,1-3H3,(H,19,20). The zero-order chi connectivity index (χ0) is 14.7. The topological polar surface area (TPSA) is 55.1 Å². The first kappa shape index (κ1) is 14.1. The van der Waals surface area contributed by atoms with Crippen molar-refractivity contribution in [2.24, 2.45) is 0 Å². The molecule has 0 aliphatic rings. The van der Waals surface area contributed by atoms with E-state index in [2.05, 4.69) is 12.0 Å². The minimum Gasteiger partial charge on any atom is -0.478 e. The Bertz CT molecular complexity index is 669. The van der Waals surface area contributed by atoms with Gasteiger partial charge in [-0.2, -0.15) is 5.10 Å². The van der Waals surface area contributed by atoms with Crippen LogP contribution in [0.15, 0.2) is 30.3 Å². The zero-order valence-corrected chi connectivity index (χ0v) is 11.9. The van der Waals surface area contributed by atoms with Crippen LogP contribution in [-0.2, 0) is 11.3 Å². The fourth-order valence-electron chi connectivity index (χ4n) is 2.10. The number of rotatable bonds is 4. The molecular weight excluding hydrogens is 252 g/mol. The lowest BCUT2D eigenvalue weighted by Crippen LogP contribution is -2.05. The number of carboxylic acids is 1. The van der Waals surface area contributed by atoms with Gasteiger partial charge in [0.1, 0.15) is 0 Å². The number of aryl methyl sites for hydroxylation is 1. The van der Waals surface area contributed by atoms with Crippen molar-refractivity contribution in [3.63, 3.8) is 0 Å². The fraction of sp³-hybridized carbons (Fsp3) is 0.250. The number of aliphatic carboxylic acids is 1. The second-order valence-corrected chi connectivity index (χ2v) is 4.82. The van der Waals surface area contributed by atoms with Gasteiger partial charge in [-0.15, -0.1) is 0 Å². The highest BCUT2D eigenvalue weighted by Gasteiger charge is 2.08. The summed E-state index contributed by atoms with van der Waals surface area (Å²) < 4.78 is 1.96. The van der Waals surface area contributed by atoms with Gasteiger partial charge in [-0.1, -0.05) is 24.3 Å².